The highest BCUT2D eigenvalue weighted by molar-refractivity contribution is 6.18. The Balaban J connectivity index is 0.888. The minimum absolute atomic E-state index is 0.784. The van der Waals surface area contributed by atoms with E-state index in [9.17, 15) is 0 Å². The molecule has 0 radical (unpaired) electrons. The minimum Gasteiger partial charge on any atom is -0.456 e. The molecule has 0 fully saturated rings. The number of benzene rings is 8. The number of hydrogen-bond acceptors (Lipinski definition) is 4. The van der Waals surface area contributed by atoms with Crippen LogP contribution in [0.2, 0.25) is 0 Å². The predicted octanol–water partition coefficient (Wildman–Crippen LogP) is 15.5. The van der Waals surface area contributed by atoms with E-state index in [4.69, 9.17) is 13.8 Å². The molecule has 6 heterocycles. The maximum Gasteiger partial charge on any atom is 0.153 e. The van der Waals surface area contributed by atoms with E-state index in [0.29, 0.717) is 0 Å². The van der Waals surface area contributed by atoms with Gasteiger partial charge in [0.25, 0.3) is 0 Å². The Morgan fingerprint density at radius 3 is 1.78 bits per heavy atom. The molecule has 14 aromatic rings. The van der Waals surface area contributed by atoms with Gasteiger partial charge >= 0.3 is 0 Å². The third-order valence-corrected chi connectivity index (χ3v) is 13.0. The van der Waals surface area contributed by atoms with Gasteiger partial charge in [0, 0.05) is 78.8 Å². The lowest BCUT2D eigenvalue weighted by atomic mass is 9.98. The Labute approximate surface area is 365 Å². The molecule has 6 aromatic heterocycles. The fourth-order valence-electron chi connectivity index (χ4n) is 10.2. The predicted molar refractivity (Wildman–Crippen MR) is 262 cm³/mol. The van der Waals surface area contributed by atoms with Crippen molar-refractivity contribution in [3.63, 3.8) is 0 Å². The van der Waals surface area contributed by atoms with Gasteiger partial charge in [-0.05, 0) is 125 Å². The zero-order valence-corrected chi connectivity index (χ0v) is 34.2. The molecule has 0 N–H and O–H groups in total. The zero-order chi connectivity index (χ0) is 41.9. The van der Waals surface area contributed by atoms with E-state index in [0.717, 1.165) is 88.7 Å². The van der Waals surface area contributed by atoms with Crippen molar-refractivity contribution in [2.24, 2.45) is 0 Å². The van der Waals surface area contributed by atoms with Crippen LogP contribution in [0.4, 0.5) is 0 Å². The highest BCUT2D eigenvalue weighted by atomic mass is 16.3. The third-order valence-electron chi connectivity index (χ3n) is 13.0. The normalized spacial score (nSPS) is 12.1. The van der Waals surface area contributed by atoms with Crippen LogP contribution in [0.25, 0.3) is 132 Å². The molecule has 0 unspecified atom stereocenters. The number of pyridine rings is 2. The second-order valence-electron chi connectivity index (χ2n) is 16.6. The summed E-state index contributed by atoms with van der Waals surface area (Å²) in [6.07, 6.45) is 5.65. The van der Waals surface area contributed by atoms with E-state index in [1.165, 1.54) is 43.7 Å². The van der Waals surface area contributed by atoms with Crippen molar-refractivity contribution in [3.05, 3.63) is 207 Å². The maximum absolute atomic E-state index is 6.47. The fraction of sp³-hybridized carbons (Fsp3) is 0. The average molecular weight is 819 g/mol. The molecule has 14 rings (SSSR count). The largest absolute Gasteiger partial charge is 0.456 e. The second-order valence-corrected chi connectivity index (χ2v) is 16.6. The fourth-order valence-corrected chi connectivity index (χ4v) is 10.2. The minimum atomic E-state index is 0.784. The van der Waals surface area contributed by atoms with E-state index in [1.54, 1.807) is 6.20 Å². The molecule has 0 spiro atoms. The molecule has 0 aliphatic rings. The van der Waals surface area contributed by atoms with E-state index in [2.05, 4.69) is 184 Å². The molecule has 0 saturated carbocycles. The van der Waals surface area contributed by atoms with Crippen molar-refractivity contribution < 1.29 is 8.83 Å². The van der Waals surface area contributed by atoms with Gasteiger partial charge in [-0.3, -0.25) is 9.97 Å². The molecular formula is C58H34N4O2. The van der Waals surface area contributed by atoms with E-state index in [-0.39, 0.29) is 0 Å². The Morgan fingerprint density at radius 1 is 0.344 bits per heavy atom. The monoisotopic (exact) mass is 818 g/mol. The maximum atomic E-state index is 6.47. The molecule has 6 heteroatoms. The highest BCUT2D eigenvalue weighted by Crippen LogP contribution is 2.42. The molecule has 0 saturated heterocycles. The molecule has 0 amide bonds. The first kappa shape index (κ1) is 34.9. The molecular weight excluding hydrogens is 785 g/mol. The van der Waals surface area contributed by atoms with Gasteiger partial charge in [-0.2, -0.15) is 0 Å². The first-order chi connectivity index (χ1) is 31.7. The van der Waals surface area contributed by atoms with Gasteiger partial charge in [0.1, 0.15) is 22.3 Å². The van der Waals surface area contributed by atoms with Crippen LogP contribution in [0.15, 0.2) is 215 Å². The Hall–Kier alpha value is -8.74. The van der Waals surface area contributed by atoms with E-state index >= 15 is 0 Å². The zero-order valence-electron chi connectivity index (χ0n) is 34.2. The van der Waals surface area contributed by atoms with Crippen LogP contribution in [-0.2, 0) is 0 Å². The van der Waals surface area contributed by atoms with Gasteiger partial charge < -0.3 is 18.0 Å². The number of para-hydroxylation sites is 3. The molecule has 298 valence electrons. The van der Waals surface area contributed by atoms with Gasteiger partial charge in [-0.1, -0.05) is 84.9 Å². The van der Waals surface area contributed by atoms with Crippen LogP contribution in [0.1, 0.15) is 0 Å². The van der Waals surface area contributed by atoms with Crippen molar-refractivity contribution in [1.82, 2.24) is 19.1 Å². The smallest absolute Gasteiger partial charge is 0.153 e. The first-order valence-corrected chi connectivity index (χ1v) is 21.5. The summed E-state index contributed by atoms with van der Waals surface area (Å²) in [5, 5.41) is 8.03. The number of furan rings is 2. The molecule has 64 heavy (non-hydrogen) atoms. The standard InChI is InChI=1S/C58H34N4O2/c1-2-10-40(11-3-1)61-50-16-7-5-13-44(50)57-42(14-8-17-52(57)61)37-19-23-51-45(31-37)43-12-4-6-15-49(43)62(51)41-22-26-54-47(32-41)46-29-35(20-24-53(46)63-54)38-28-39(34-59-33-38)36-21-25-55-48(30-36)58-56(64-55)18-9-27-60-58/h1-34H. The number of aromatic nitrogens is 4. The molecule has 0 atom stereocenters. The summed E-state index contributed by atoms with van der Waals surface area (Å²) in [6.45, 7) is 0. The van der Waals surface area contributed by atoms with Gasteiger partial charge in [-0.25, -0.2) is 0 Å². The van der Waals surface area contributed by atoms with Crippen LogP contribution in [0.5, 0.6) is 0 Å². The summed E-state index contributed by atoms with van der Waals surface area (Å²) in [5.41, 5.74) is 17.7. The van der Waals surface area contributed by atoms with Gasteiger partial charge in [0.05, 0.1) is 22.1 Å². The van der Waals surface area contributed by atoms with Crippen LogP contribution in [0.3, 0.4) is 0 Å². The number of rotatable bonds is 5. The summed E-state index contributed by atoms with van der Waals surface area (Å²) in [6, 6.07) is 67.1. The Morgan fingerprint density at radius 2 is 0.953 bits per heavy atom. The van der Waals surface area contributed by atoms with Gasteiger partial charge in [0.15, 0.2) is 5.58 Å². The van der Waals surface area contributed by atoms with E-state index < -0.39 is 0 Å². The Bertz CT molecular complexity index is 4210. The lowest BCUT2D eigenvalue weighted by Gasteiger charge is -2.10. The molecule has 8 aromatic carbocycles. The van der Waals surface area contributed by atoms with Gasteiger partial charge in [-0.15, -0.1) is 0 Å². The van der Waals surface area contributed by atoms with Crippen molar-refractivity contribution in [2.45, 2.75) is 0 Å². The summed E-state index contributed by atoms with van der Waals surface area (Å²) in [4.78, 5) is 9.29. The quantitative estimate of drug-likeness (QED) is 0.174. The summed E-state index contributed by atoms with van der Waals surface area (Å²) in [5.74, 6) is 0. The van der Waals surface area contributed by atoms with Gasteiger partial charge in [0.2, 0.25) is 0 Å². The number of nitrogens with zero attached hydrogens (tertiary/aromatic N) is 4. The summed E-state index contributed by atoms with van der Waals surface area (Å²) >= 11 is 0. The lowest BCUT2D eigenvalue weighted by molar-refractivity contribution is 0.668. The van der Waals surface area contributed by atoms with Crippen LogP contribution in [-0.4, -0.2) is 19.1 Å². The van der Waals surface area contributed by atoms with Crippen LogP contribution >= 0.6 is 0 Å². The second kappa shape index (κ2) is 13.4. The summed E-state index contributed by atoms with van der Waals surface area (Å²) < 4.78 is 17.3. The van der Waals surface area contributed by atoms with Crippen molar-refractivity contribution in [1.29, 1.82) is 0 Å². The average Bonchev–Trinajstić information content (AvgIpc) is 4.11. The van der Waals surface area contributed by atoms with Crippen molar-refractivity contribution in [3.8, 4) is 44.8 Å². The highest BCUT2D eigenvalue weighted by Gasteiger charge is 2.19. The lowest BCUT2D eigenvalue weighted by Crippen LogP contribution is -1.93. The molecule has 6 nitrogen and oxygen atoms in total. The topological polar surface area (TPSA) is 61.9 Å². The molecule has 0 aliphatic heterocycles. The van der Waals surface area contributed by atoms with Crippen molar-refractivity contribution >= 4 is 87.6 Å². The van der Waals surface area contributed by atoms with Crippen LogP contribution in [0, 0.1) is 0 Å². The number of hydrogen-bond donors (Lipinski definition) is 0. The molecule has 0 aliphatic carbocycles. The molecule has 0 bridgehead atoms. The van der Waals surface area contributed by atoms with Crippen molar-refractivity contribution in [2.75, 3.05) is 0 Å². The Kier molecular flexibility index (Phi) is 7.30. The SMILES string of the molecule is c1ccc(-n2c3ccccc3c3c(-c4ccc5c(c4)c4ccccc4n5-c4ccc5oc6ccc(-c7cncc(-c8ccc9oc%10cccnc%10c9c8)c7)cc6c5c4)cccc32)cc1. The summed E-state index contributed by atoms with van der Waals surface area (Å²) in [7, 11) is 0. The third kappa shape index (κ3) is 5.14. The number of fused-ring (bicyclic) bond motifs is 12. The first-order valence-electron chi connectivity index (χ1n) is 21.5. The van der Waals surface area contributed by atoms with Crippen LogP contribution < -0.4 is 0 Å². The van der Waals surface area contributed by atoms with E-state index in [1.807, 2.05) is 30.6 Å².